The van der Waals surface area contributed by atoms with Gasteiger partial charge in [-0.25, -0.2) is 0 Å². The highest BCUT2D eigenvalue weighted by atomic mass is 16.3. The summed E-state index contributed by atoms with van der Waals surface area (Å²) in [6, 6.07) is 9.34. The fraction of sp³-hybridized carbons (Fsp3) is 0.429. The fourth-order valence-electron chi connectivity index (χ4n) is 2.52. The lowest BCUT2D eigenvalue weighted by molar-refractivity contribution is -0.130. The summed E-state index contributed by atoms with van der Waals surface area (Å²) in [6.45, 7) is 0.332. The number of nitrogens with zero attached hydrogens (tertiary/aromatic N) is 1. The highest BCUT2D eigenvalue weighted by molar-refractivity contribution is 5.88. The van der Waals surface area contributed by atoms with Crippen molar-refractivity contribution in [2.24, 2.45) is 11.7 Å². The molecule has 1 aliphatic rings. The van der Waals surface area contributed by atoms with Gasteiger partial charge in [-0.1, -0.05) is 30.3 Å². The Balaban J connectivity index is 2.21. The van der Waals surface area contributed by atoms with Gasteiger partial charge in [0, 0.05) is 19.6 Å². The first-order valence-electron chi connectivity index (χ1n) is 6.38. The second-order valence-corrected chi connectivity index (χ2v) is 4.79. The molecule has 3 N–H and O–H groups in total. The number of benzene rings is 1. The van der Waals surface area contributed by atoms with Crippen molar-refractivity contribution < 1.29 is 14.7 Å². The van der Waals surface area contributed by atoms with Gasteiger partial charge < -0.3 is 15.7 Å². The smallest absolute Gasteiger partial charge is 0.223 e. The van der Waals surface area contributed by atoms with Crippen LogP contribution in [0.1, 0.15) is 24.4 Å². The van der Waals surface area contributed by atoms with Crippen molar-refractivity contribution in [1.29, 1.82) is 0 Å². The quantitative estimate of drug-likeness (QED) is 0.807. The van der Waals surface area contributed by atoms with E-state index in [9.17, 15) is 14.7 Å². The van der Waals surface area contributed by atoms with Crippen LogP contribution in [0.4, 0.5) is 0 Å². The number of carbonyl (C=O) groups is 2. The highest BCUT2D eigenvalue weighted by Gasteiger charge is 2.37. The van der Waals surface area contributed by atoms with Gasteiger partial charge in [-0.05, 0) is 12.0 Å². The predicted molar refractivity (Wildman–Crippen MR) is 69.9 cm³/mol. The van der Waals surface area contributed by atoms with Gasteiger partial charge in [0.15, 0.2) is 0 Å². The topological polar surface area (TPSA) is 83.6 Å². The standard InChI is InChI=1S/C14H18N2O3/c15-14(19)11-8-13(18)16(9-11)12(6-7-17)10-4-2-1-3-5-10/h1-5,11-12,17H,6-9H2,(H2,15,19). The van der Waals surface area contributed by atoms with E-state index in [1.165, 1.54) is 0 Å². The number of nitrogens with two attached hydrogens (primary N) is 1. The van der Waals surface area contributed by atoms with Crippen LogP contribution >= 0.6 is 0 Å². The lowest BCUT2D eigenvalue weighted by Crippen LogP contribution is -2.32. The van der Waals surface area contributed by atoms with E-state index in [0.29, 0.717) is 13.0 Å². The number of likely N-dealkylation sites (tertiary alicyclic amines) is 1. The van der Waals surface area contributed by atoms with E-state index in [1.807, 2.05) is 30.3 Å². The molecule has 1 aromatic rings. The van der Waals surface area contributed by atoms with Crippen LogP contribution in [0.2, 0.25) is 0 Å². The number of carbonyl (C=O) groups excluding carboxylic acids is 2. The van der Waals surface area contributed by atoms with Gasteiger partial charge in [0.05, 0.1) is 12.0 Å². The molecular weight excluding hydrogens is 244 g/mol. The largest absolute Gasteiger partial charge is 0.396 e. The van der Waals surface area contributed by atoms with Gasteiger partial charge >= 0.3 is 0 Å². The number of amides is 2. The number of primary amides is 1. The van der Waals surface area contributed by atoms with Crippen molar-refractivity contribution in [2.75, 3.05) is 13.2 Å². The molecule has 19 heavy (non-hydrogen) atoms. The first-order chi connectivity index (χ1) is 9.13. The Hall–Kier alpha value is -1.88. The van der Waals surface area contributed by atoms with E-state index >= 15 is 0 Å². The molecule has 102 valence electrons. The summed E-state index contributed by atoms with van der Waals surface area (Å²) < 4.78 is 0. The zero-order valence-electron chi connectivity index (χ0n) is 10.7. The summed E-state index contributed by atoms with van der Waals surface area (Å²) in [7, 11) is 0. The third kappa shape index (κ3) is 2.93. The molecule has 0 spiro atoms. The van der Waals surface area contributed by atoms with Gasteiger partial charge in [-0.15, -0.1) is 0 Å². The molecule has 0 saturated carbocycles. The Labute approximate surface area is 112 Å². The molecule has 0 aliphatic carbocycles. The van der Waals surface area contributed by atoms with E-state index in [1.54, 1.807) is 4.90 Å². The molecule has 0 radical (unpaired) electrons. The molecular formula is C14H18N2O3. The van der Waals surface area contributed by atoms with Crippen LogP contribution in [0.3, 0.4) is 0 Å². The van der Waals surface area contributed by atoms with Crippen molar-refractivity contribution in [3.05, 3.63) is 35.9 Å². The average Bonchev–Trinajstić information content (AvgIpc) is 2.79. The Bertz CT molecular complexity index is 461. The molecule has 2 amide bonds. The maximum Gasteiger partial charge on any atom is 0.223 e. The van der Waals surface area contributed by atoms with E-state index in [2.05, 4.69) is 0 Å². The first kappa shape index (κ1) is 13.5. The predicted octanol–water partition coefficient (Wildman–Crippen LogP) is 0.444. The Kier molecular flexibility index (Phi) is 4.16. The van der Waals surface area contributed by atoms with Gasteiger partial charge in [-0.2, -0.15) is 0 Å². The lowest BCUT2D eigenvalue weighted by Gasteiger charge is -2.28. The van der Waals surface area contributed by atoms with Crippen LogP contribution in [0, 0.1) is 5.92 Å². The fourth-order valence-corrected chi connectivity index (χ4v) is 2.52. The third-order valence-corrected chi connectivity index (χ3v) is 3.52. The number of aliphatic hydroxyl groups is 1. The molecule has 1 fully saturated rings. The van der Waals surface area contributed by atoms with Gasteiger partial charge in [-0.3, -0.25) is 9.59 Å². The minimum Gasteiger partial charge on any atom is -0.396 e. The van der Waals surface area contributed by atoms with E-state index in [-0.39, 0.29) is 25.0 Å². The molecule has 5 heteroatoms. The number of hydrogen-bond acceptors (Lipinski definition) is 3. The summed E-state index contributed by atoms with van der Waals surface area (Å²) in [6.07, 6.45) is 0.630. The number of hydrogen-bond donors (Lipinski definition) is 2. The Morgan fingerprint density at radius 2 is 2.11 bits per heavy atom. The molecule has 2 unspecified atom stereocenters. The third-order valence-electron chi connectivity index (χ3n) is 3.52. The lowest BCUT2D eigenvalue weighted by atomic mass is 10.0. The molecule has 1 aliphatic heterocycles. The molecule has 0 aromatic heterocycles. The maximum atomic E-state index is 12.0. The molecule has 5 nitrogen and oxygen atoms in total. The van der Waals surface area contributed by atoms with E-state index in [4.69, 9.17) is 5.73 Å². The minimum atomic E-state index is -0.438. The SMILES string of the molecule is NC(=O)C1CC(=O)N(C(CCO)c2ccccc2)C1. The number of aliphatic hydroxyl groups excluding tert-OH is 1. The van der Waals surface area contributed by atoms with Crippen LogP contribution in [-0.4, -0.2) is 35.0 Å². The summed E-state index contributed by atoms with van der Waals surface area (Å²) >= 11 is 0. The normalized spacial score (nSPS) is 20.6. The van der Waals surface area contributed by atoms with Crippen LogP contribution in [0.15, 0.2) is 30.3 Å². The van der Waals surface area contributed by atoms with Crippen molar-refractivity contribution >= 4 is 11.8 Å². The average molecular weight is 262 g/mol. The van der Waals surface area contributed by atoms with Gasteiger partial charge in [0.1, 0.15) is 0 Å². The Morgan fingerprint density at radius 3 is 2.63 bits per heavy atom. The van der Waals surface area contributed by atoms with Crippen LogP contribution in [0.25, 0.3) is 0 Å². The monoisotopic (exact) mass is 262 g/mol. The summed E-state index contributed by atoms with van der Waals surface area (Å²) in [5, 5.41) is 9.19. The van der Waals surface area contributed by atoms with Crippen molar-refractivity contribution in [3.63, 3.8) is 0 Å². The van der Waals surface area contributed by atoms with Crippen molar-refractivity contribution in [3.8, 4) is 0 Å². The zero-order chi connectivity index (χ0) is 13.8. The van der Waals surface area contributed by atoms with Gasteiger partial charge in [0.25, 0.3) is 0 Å². The second-order valence-electron chi connectivity index (χ2n) is 4.79. The maximum absolute atomic E-state index is 12.0. The first-order valence-corrected chi connectivity index (χ1v) is 6.38. The van der Waals surface area contributed by atoms with Crippen LogP contribution < -0.4 is 5.73 Å². The van der Waals surface area contributed by atoms with Crippen molar-refractivity contribution in [1.82, 2.24) is 4.90 Å². The van der Waals surface area contributed by atoms with Crippen molar-refractivity contribution in [2.45, 2.75) is 18.9 Å². The zero-order valence-corrected chi connectivity index (χ0v) is 10.7. The van der Waals surface area contributed by atoms with Crippen LogP contribution in [-0.2, 0) is 9.59 Å². The molecule has 2 rings (SSSR count). The minimum absolute atomic E-state index is 0.00935. The molecule has 2 atom stereocenters. The molecule has 0 bridgehead atoms. The highest BCUT2D eigenvalue weighted by Crippen LogP contribution is 2.30. The summed E-state index contributed by atoms with van der Waals surface area (Å²) in [5.41, 5.74) is 6.24. The van der Waals surface area contributed by atoms with E-state index < -0.39 is 11.8 Å². The van der Waals surface area contributed by atoms with E-state index in [0.717, 1.165) is 5.56 Å². The van der Waals surface area contributed by atoms with Crippen LogP contribution in [0.5, 0.6) is 0 Å². The second kappa shape index (κ2) is 5.84. The molecule has 1 aromatic carbocycles. The summed E-state index contributed by atoms with van der Waals surface area (Å²) in [4.78, 5) is 24.9. The number of rotatable bonds is 5. The molecule has 1 heterocycles. The van der Waals surface area contributed by atoms with Gasteiger partial charge in [0.2, 0.25) is 11.8 Å². The summed E-state index contributed by atoms with van der Waals surface area (Å²) in [5.74, 6) is -0.935. The Morgan fingerprint density at radius 1 is 1.42 bits per heavy atom. The molecule has 1 saturated heterocycles.